The minimum Gasteiger partial charge on any atom is -0.397 e. The van der Waals surface area contributed by atoms with Crippen molar-refractivity contribution in [1.82, 2.24) is 15.5 Å². The Hall–Kier alpha value is -2.08. The molecule has 0 saturated heterocycles. The Kier molecular flexibility index (Phi) is 2.87. The minimum absolute atomic E-state index is 0.00118. The van der Waals surface area contributed by atoms with E-state index in [1.807, 2.05) is 0 Å². The van der Waals surface area contributed by atoms with Crippen molar-refractivity contribution < 1.29 is 9.32 Å². The van der Waals surface area contributed by atoms with Crippen molar-refractivity contribution in [3.8, 4) is 11.5 Å². The number of aromatic nitrogens is 2. The third-order valence-electron chi connectivity index (χ3n) is 2.83. The summed E-state index contributed by atoms with van der Waals surface area (Å²) >= 11 is 5.92. The number of carbonyl (C=O) groups excluding carboxylic acids is 1. The topological polar surface area (TPSA) is 94.0 Å². The molecular formula is C12H11ClN4O2. The Morgan fingerprint density at radius 3 is 3.00 bits per heavy atom. The predicted molar refractivity (Wildman–Crippen MR) is 69.6 cm³/mol. The maximum Gasteiger partial charge on any atom is 0.292 e. The maximum atomic E-state index is 11.7. The van der Waals surface area contributed by atoms with Crippen molar-refractivity contribution in [3.63, 3.8) is 0 Å². The molecule has 98 valence electrons. The van der Waals surface area contributed by atoms with Gasteiger partial charge in [-0.05, 0) is 25.0 Å². The largest absolute Gasteiger partial charge is 0.397 e. The van der Waals surface area contributed by atoms with Crippen molar-refractivity contribution in [1.29, 1.82) is 0 Å². The smallest absolute Gasteiger partial charge is 0.292 e. The van der Waals surface area contributed by atoms with E-state index in [2.05, 4.69) is 15.5 Å². The van der Waals surface area contributed by atoms with Crippen molar-refractivity contribution in [2.45, 2.75) is 18.9 Å². The highest BCUT2D eigenvalue weighted by Gasteiger charge is 2.26. The first-order valence-corrected chi connectivity index (χ1v) is 6.22. The first kappa shape index (κ1) is 12.0. The Balaban J connectivity index is 1.87. The number of nitrogen functional groups attached to an aromatic ring is 1. The monoisotopic (exact) mass is 278 g/mol. The molecule has 7 heteroatoms. The van der Waals surface area contributed by atoms with Crippen LogP contribution in [0, 0.1) is 0 Å². The summed E-state index contributed by atoms with van der Waals surface area (Å²) in [4.78, 5) is 15.8. The molecule has 1 heterocycles. The van der Waals surface area contributed by atoms with Gasteiger partial charge < -0.3 is 15.6 Å². The van der Waals surface area contributed by atoms with Crippen LogP contribution in [0.3, 0.4) is 0 Å². The molecule has 1 aliphatic rings. The number of hydrogen-bond acceptors (Lipinski definition) is 5. The molecule has 1 fully saturated rings. The number of rotatable bonds is 3. The number of hydrogen-bond donors (Lipinski definition) is 2. The van der Waals surface area contributed by atoms with Crippen LogP contribution in [0.25, 0.3) is 11.5 Å². The standard InChI is InChI=1S/C12H11ClN4O2/c13-8-3-1-2-7(9(8)14)12-16-10(17-19-12)11(18)15-6-4-5-6/h1-3,6H,4-5,14H2,(H,15,18). The van der Waals surface area contributed by atoms with E-state index in [0.717, 1.165) is 12.8 Å². The van der Waals surface area contributed by atoms with Crippen LogP contribution in [0.2, 0.25) is 5.02 Å². The molecule has 6 nitrogen and oxygen atoms in total. The molecule has 3 rings (SSSR count). The van der Waals surface area contributed by atoms with Gasteiger partial charge in [0.05, 0.1) is 16.3 Å². The van der Waals surface area contributed by atoms with Gasteiger partial charge in [-0.1, -0.05) is 22.8 Å². The average Bonchev–Trinajstić information content (AvgIpc) is 3.06. The molecule has 1 aromatic heterocycles. The second-order valence-electron chi connectivity index (χ2n) is 4.37. The molecule has 0 atom stereocenters. The summed E-state index contributed by atoms with van der Waals surface area (Å²) in [6.07, 6.45) is 2.00. The highest BCUT2D eigenvalue weighted by molar-refractivity contribution is 6.33. The lowest BCUT2D eigenvalue weighted by molar-refractivity contribution is 0.0937. The van der Waals surface area contributed by atoms with Gasteiger partial charge in [0.2, 0.25) is 0 Å². The molecule has 1 aliphatic carbocycles. The molecular weight excluding hydrogens is 268 g/mol. The van der Waals surface area contributed by atoms with Crippen LogP contribution in [0.4, 0.5) is 5.69 Å². The third kappa shape index (κ3) is 2.39. The molecule has 1 amide bonds. The summed E-state index contributed by atoms with van der Waals surface area (Å²) in [5.74, 6) is -0.152. The molecule has 1 aromatic carbocycles. The minimum atomic E-state index is -0.335. The van der Waals surface area contributed by atoms with Crippen molar-refractivity contribution in [2.75, 3.05) is 5.73 Å². The zero-order valence-electron chi connectivity index (χ0n) is 9.89. The van der Waals surface area contributed by atoms with E-state index in [1.165, 1.54) is 0 Å². The number of nitrogens with zero attached hydrogens (tertiary/aromatic N) is 2. The highest BCUT2D eigenvalue weighted by Crippen LogP contribution is 2.30. The Morgan fingerprint density at radius 2 is 2.26 bits per heavy atom. The summed E-state index contributed by atoms with van der Waals surface area (Å²) < 4.78 is 5.05. The lowest BCUT2D eigenvalue weighted by Gasteiger charge is -2.01. The number of benzene rings is 1. The number of halogens is 1. The van der Waals surface area contributed by atoms with Gasteiger partial charge in [-0.15, -0.1) is 0 Å². The van der Waals surface area contributed by atoms with Gasteiger partial charge in [-0.3, -0.25) is 4.79 Å². The zero-order chi connectivity index (χ0) is 13.4. The summed E-state index contributed by atoms with van der Waals surface area (Å²) in [7, 11) is 0. The van der Waals surface area contributed by atoms with E-state index in [-0.39, 0.29) is 23.7 Å². The Morgan fingerprint density at radius 1 is 1.47 bits per heavy atom. The number of anilines is 1. The summed E-state index contributed by atoms with van der Waals surface area (Å²) in [6.45, 7) is 0. The second-order valence-corrected chi connectivity index (χ2v) is 4.78. The van der Waals surface area contributed by atoms with Gasteiger partial charge in [0.1, 0.15) is 0 Å². The fraction of sp³-hybridized carbons (Fsp3) is 0.250. The third-order valence-corrected chi connectivity index (χ3v) is 3.15. The Bertz CT molecular complexity index is 636. The van der Waals surface area contributed by atoms with Gasteiger partial charge in [0.25, 0.3) is 17.6 Å². The van der Waals surface area contributed by atoms with Crippen molar-refractivity contribution in [2.24, 2.45) is 0 Å². The number of nitrogens with one attached hydrogen (secondary N) is 1. The van der Waals surface area contributed by atoms with E-state index in [4.69, 9.17) is 21.9 Å². The summed E-state index contributed by atoms with van der Waals surface area (Å²) in [6, 6.07) is 5.34. The van der Waals surface area contributed by atoms with Gasteiger partial charge in [-0.2, -0.15) is 4.98 Å². The van der Waals surface area contributed by atoms with E-state index >= 15 is 0 Å². The molecule has 3 N–H and O–H groups in total. The summed E-state index contributed by atoms with van der Waals surface area (Å²) in [5, 5.41) is 6.83. The lowest BCUT2D eigenvalue weighted by atomic mass is 10.2. The van der Waals surface area contributed by atoms with Gasteiger partial charge in [0.15, 0.2) is 0 Å². The van der Waals surface area contributed by atoms with Crippen molar-refractivity contribution >= 4 is 23.2 Å². The van der Waals surface area contributed by atoms with E-state index < -0.39 is 0 Å². The van der Waals surface area contributed by atoms with E-state index in [9.17, 15) is 4.79 Å². The van der Waals surface area contributed by atoms with E-state index in [0.29, 0.717) is 16.3 Å². The number of para-hydroxylation sites is 1. The molecule has 0 radical (unpaired) electrons. The van der Waals surface area contributed by atoms with Gasteiger partial charge >= 0.3 is 0 Å². The van der Waals surface area contributed by atoms with Crippen LogP contribution in [-0.2, 0) is 0 Å². The van der Waals surface area contributed by atoms with Crippen LogP contribution in [0.5, 0.6) is 0 Å². The second kappa shape index (κ2) is 4.55. The molecule has 1 saturated carbocycles. The maximum absolute atomic E-state index is 11.7. The SMILES string of the molecule is Nc1c(Cl)cccc1-c1nc(C(=O)NC2CC2)no1. The average molecular weight is 279 g/mol. The fourth-order valence-corrected chi connectivity index (χ4v) is 1.80. The highest BCUT2D eigenvalue weighted by atomic mass is 35.5. The van der Waals surface area contributed by atoms with Crippen molar-refractivity contribution in [3.05, 3.63) is 29.0 Å². The number of carbonyl (C=O) groups is 1. The Labute approximate surface area is 113 Å². The van der Waals surface area contributed by atoms with E-state index in [1.54, 1.807) is 18.2 Å². The molecule has 19 heavy (non-hydrogen) atoms. The molecule has 2 aromatic rings. The lowest BCUT2D eigenvalue weighted by Crippen LogP contribution is -2.26. The fourth-order valence-electron chi connectivity index (χ4n) is 1.63. The van der Waals surface area contributed by atoms with Crippen LogP contribution < -0.4 is 11.1 Å². The van der Waals surface area contributed by atoms with Gasteiger partial charge in [-0.25, -0.2) is 0 Å². The molecule has 0 unspecified atom stereocenters. The van der Waals surface area contributed by atoms with Crippen LogP contribution >= 0.6 is 11.6 Å². The van der Waals surface area contributed by atoms with Crippen LogP contribution in [-0.4, -0.2) is 22.1 Å². The number of amides is 1. The summed E-state index contributed by atoms with van der Waals surface area (Å²) in [5.41, 5.74) is 6.70. The predicted octanol–water partition coefficient (Wildman–Crippen LogP) is 1.86. The quantitative estimate of drug-likeness (QED) is 0.836. The van der Waals surface area contributed by atoms with Crippen LogP contribution in [0.15, 0.2) is 22.7 Å². The first-order chi connectivity index (χ1) is 9.15. The number of nitrogens with two attached hydrogens (primary N) is 1. The zero-order valence-corrected chi connectivity index (χ0v) is 10.6. The molecule has 0 bridgehead atoms. The first-order valence-electron chi connectivity index (χ1n) is 5.84. The van der Waals surface area contributed by atoms with Gasteiger partial charge in [0, 0.05) is 6.04 Å². The molecule has 0 spiro atoms. The molecule has 0 aliphatic heterocycles. The normalized spacial score (nSPS) is 14.4. The van der Waals surface area contributed by atoms with Crippen LogP contribution in [0.1, 0.15) is 23.5 Å².